The molecule has 1 atom stereocenters. The number of benzene rings is 1. The highest BCUT2D eigenvalue weighted by Gasteiger charge is 2.24. The molecule has 0 saturated carbocycles. The van der Waals surface area contributed by atoms with Crippen molar-refractivity contribution < 1.29 is 9.53 Å². The van der Waals surface area contributed by atoms with Crippen molar-refractivity contribution in [1.29, 1.82) is 0 Å². The van der Waals surface area contributed by atoms with E-state index in [9.17, 15) is 4.79 Å². The topological polar surface area (TPSA) is 53.6 Å². The zero-order valence-corrected chi connectivity index (χ0v) is 15.8. The van der Waals surface area contributed by atoms with Crippen LogP contribution < -0.4 is 10.6 Å². The first-order valence-corrected chi connectivity index (χ1v) is 8.04. The molecule has 24 heavy (non-hydrogen) atoms. The molecule has 1 aromatic carbocycles. The Kier molecular flexibility index (Phi) is 13.0. The van der Waals surface area contributed by atoms with E-state index in [1.807, 2.05) is 6.07 Å². The van der Waals surface area contributed by atoms with E-state index in [0.29, 0.717) is 25.7 Å². The monoisotopic (exact) mass is 377 g/mol. The smallest absolute Gasteiger partial charge is 0.234 e. The fourth-order valence-corrected chi connectivity index (χ4v) is 2.82. The van der Waals surface area contributed by atoms with Crippen LogP contribution in [-0.4, -0.2) is 56.7 Å². The van der Waals surface area contributed by atoms with Crippen molar-refractivity contribution in [2.75, 3.05) is 39.9 Å². The number of carbonyl (C=O) groups is 1. The summed E-state index contributed by atoms with van der Waals surface area (Å²) in [4.78, 5) is 14.3. The Balaban J connectivity index is 0.00000264. The summed E-state index contributed by atoms with van der Waals surface area (Å²) in [6.07, 6.45) is 2.36. The first kappa shape index (κ1) is 23.1. The molecule has 7 heteroatoms. The van der Waals surface area contributed by atoms with Crippen LogP contribution in [0.1, 0.15) is 18.4 Å². The van der Waals surface area contributed by atoms with Gasteiger partial charge in [-0.2, -0.15) is 0 Å². The third-order valence-electron chi connectivity index (χ3n) is 4.03. The molecule has 1 heterocycles. The number of nitrogens with one attached hydrogen (secondary N) is 2. The predicted octanol–water partition coefficient (Wildman–Crippen LogP) is 1.85. The summed E-state index contributed by atoms with van der Waals surface area (Å²) >= 11 is 0. The molecule has 1 aliphatic heterocycles. The summed E-state index contributed by atoms with van der Waals surface area (Å²) in [7, 11) is 1.66. The van der Waals surface area contributed by atoms with Gasteiger partial charge in [-0.15, -0.1) is 24.8 Å². The highest BCUT2D eigenvalue weighted by molar-refractivity contribution is 5.85. The van der Waals surface area contributed by atoms with Gasteiger partial charge >= 0.3 is 0 Å². The van der Waals surface area contributed by atoms with Crippen LogP contribution in [0.4, 0.5) is 0 Å². The van der Waals surface area contributed by atoms with Gasteiger partial charge in [0.1, 0.15) is 0 Å². The molecule has 0 aromatic heterocycles. The Morgan fingerprint density at radius 2 is 2.04 bits per heavy atom. The number of carbonyl (C=O) groups excluding carboxylic acids is 1. The highest BCUT2D eigenvalue weighted by Crippen LogP contribution is 2.19. The van der Waals surface area contributed by atoms with Gasteiger partial charge < -0.3 is 15.4 Å². The van der Waals surface area contributed by atoms with Crippen molar-refractivity contribution in [2.24, 2.45) is 0 Å². The first-order chi connectivity index (χ1) is 10.8. The van der Waals surface area contributed by atoms with Gasteiger partial charge in [0.05, 0.1) is 13.2 Å². The van der Waals surface area contributed by atoms with E-state index in [1.54, 1.807) is 7.11 Å². The largest absolute Gasteiger partial charge is 0.383 e. The number of likely N-dealkylation sites (tertiary alicyclic amines) is 1. The second-order valence-electron chi connectivity index (χ2n) is 5.73. The predicted molar refractivity (Wildman–Crippen MR) is 102 cm³/mol. The summed E-state index contributed by atoms with van der Waals surface area (Å²) in [5.74, 6) is 0.0580. The quantitative estimate of drug-likeness (QED) is 0.644. The fourth-order valence-electron chi connectivity index (χ4n) is 2.82. The van der Waals surface area contributed by atoms with Crippen LogP contribution in [0.5, 0.6) is 0 Å². The van der Waals surface area contributed by atoms with Gasteiger partial charge in [-0.3, -0.25) is 9.69 Å². The minimum Gasteiger partial charge on any atom is -0.383 e. The maximum Gasteiger partial charge on any atom is 0.234 e. The minimum absolute atomic E-state index is 0. The summed E-state index contributed by atoms with van der Waals surface area (Å²) in [6.45, 7) is 4.50. The van der Waals surface area contributed by atoms with Crippen LogP contribution in [0.3, 0.4) is 0 Å². The maximum absolute atomic E-state index is 11.8. The Bertz CT molecular complexity index is 449. The lowest BCUT2D eigenvalue weighted by Crippen LogP contribution is -2.43. The van der Waals surface area contributed by atoms with Crippen LogP contribution in [0.15, 0.2) is 30.3 Å². The molecule has 0 aliphatic carbocycles. The molecule has 1 fully saturated rings. The van der Waals surface area contributed by atoms with Crippen LogP contribution in [0.2, 0.25) is 0 Å². The zero-order valence-electron chi connectivity index (χ0n) is 14.2. The lowest BCUT2D eigenvalue weighted by Gasteiger charge is -2.24. The first-order valence-electron chi connectivity index (χ1n) is 8.04. The summed E-state index contributed by atoms with van der Waals surface area (Å²) in [6, 6.07) is 11.0. The van der Waals surface area contributed by atoms with E-state index in [1.165, 1.54) is 12.0 Å². The van der Waals surface area contributed by atoms with Gasteiger partial charge in [-0.05, 0) is 24.9 Å². The van der Waals surface area contributed by atoms with E-state index >= 15 is 0 Å². The standard InChI is InChI=1S/C17H27N3O2.2ClH/c1-22-11-9-18-13-17(21)19-12-16-8-5-10-20(16)14-15-6-3-2-4-7-15;;/h2-4,6-7,16,18H,5,8-14H2,1H3,(H,19,21);2*1H. The van der Waals surface area contributed by atoms with Gasteiger partial charge in [0.2, 0.25) is 5.91 Å². The van der Waals surface area contributed by atoms with Crippen molar-refractivity contribution in [1.82, 2.24) is 15.5 Å². The van der Waals surface area contributed by atoms with Crippen molar-refractivity contribution in [2.45, 2.75) is 25.4 Å². The molecule has 0 spiro atoms. The molecule has 0 radical (unpaired) electrons. The molecule has 0 bridgehead atoms. The fraction of sp³-hybridized carbons (Fsp3) is 0.588. The second kappa shape index (κ2) is 13.4. The second-order valence-corrected chi connectivity index (χ2v) is 5.73. The molecule has 1 aliphatic rings. The van der Waals surface area contributed by atoms with Crippen molar-refractivity contribution in [3.8, 4) is 0 Å². The van der Waals surface area contributed by atoms with E-state index in [4.69, 9.17) is 4.74 Å². The average molecular weight is 378 g/mol. The number of methoxy groups -OCH3 is 1. The Hall–Kier alpha value is -0.850. The SMILES string of the molecule is COCCNCC(=O)NCC1CCCN1Cc1ccccc1.Cl.Cl. The lowest BCUT2D eigenvalue weighted by molar-refractivity contribution is -0.120. The third-order valence-corrected chi connectivity index (χ3v) is 4.03. The molecule has 5 nitrogen and oxygen atoms in total. The van der Waals surface area contributed by atoms with Crippen molar-refractivity contribution in [3.63, 3.8) is 0 Å². The van der Waals surface area contributed by atoms with Crippen molar-refractivity contribution >= 4 is 30.7 Å². The van der Waals surface area contributed by atoms with E-state index < -0.39 is 0 Å². The van der Waals surface area contributed by atoms with Gasteiger partial charge in [-0.25, -0.2) is 0 Å². The van der Waals surface area contributed by atoms with Crippen LogP contribution in [0.25, 0.3) is 0 Å². The van der Waals surface area contributed by atoms with Gasteiger partial charge in [0.25, 0.3) is 0 Å². The number of ether oxygens (including phenoxy) is 1. The van der Waals surface area contributed by atoms with Gasteiger partial charge in [-0.1, -0.05) is 30.3 Å². The summed E-state index contributed by atoms with van der Waals surface area (Å²) in [5.41, 5.74) is 1.34. The number of rotatable bonds is 9. The molecule has 1 aromatic rings. The lowest BCUT2D eigenvalue weighted by atomic mass is 10.2. The number of hydrogen-bond donors (Lipinski definition) is 2. The summed E-state index contributed by atoms with van der Waals surface area (Å²) in [5, 5.41) is 6.10. The van der Waals surface area contributed by atoms with E-state index in [0.717, 1.165) is 26.1 Å². The van der Waals surface area contributed by atoms with Gasteiger partial charge in [0.15, 0.2) is 0 Å². The average Bonchev–Trinajstić information content (AvgIpc) is 2.98. The zero-order chi connectivity index (χ0) is 15.6. The van der Waals surface area contributed by atoms with Crippen LogP contribution in [-0.2, 0) is 16.1 Å². The molecule has 1 unspecified atom stereocenters. The Morgan fingerprint density at radius 3 is 2.75 bits per heavy atom. The summed E-state index contributed by atoms with van der Waals surface area (Å²) < 4.78 is 4.93. The molecule has 2 N–H and O–H groups in total. The molecular formula is C17H29Cl2N3O2. The maximum atomic E-state index is 11.8. The van der Waals surface area contributed by atoms with Crippen molar-refractivity contribution in [3.05, 3.63) is 35.9 Å². The molecule has 1 amide bonds. The third kappa shape index (κ3) is 8.31. The van der Waals surface area contributed by atoms with Crippen LogP contribution in [0, 0.1) is 0 Å². The molecular weight excluding hydrogens is 349 g/mol. The van der Waals surface area contributed by atoms with Gasteiger partial charge in [0, 0.05) is 32.8 Å². The van der Waals surface area contributed by atoms with E-state index in [2.05, 4.69) is 39.8 Å². The minimum atomic E-state index is 0. The highest BCUT2D eigenvalue weighted by atomic mass is 35.5. The molecule has 138 valence electrons. The Morgan fingerprint density at radius 1 is 1.29 bits per heavy atom. The van der Waals surface area contributed by atoms with Crippen LogP contribution >= 0.6 is 24.8 Å². The number of amides is 1. The molecule has 2 rings (SSSR count). The number of halogens is 2. The van der Waals surface area contributed by atoms with E-state index in [-0.39, 0.29) is 30.7 Å². The normalized spacial score (nSPS) is 17.0. The molecule has 1 saturated heterocycles. The number of nitrogens with zero attached hydrogens (tertiary/aromatic N) is 1. The number of hydrogen-bond acceptors (Lipinski definition) is 4. The Labute approximate surface area is 157 Å².